The van der Waals surface area contributed by atoms with E-state index in [1.54, 1.807) is 50.7 Å². The number of carbonyl (C=O) groups excluding carboxylic acids is 2. The van der Waals surface area contributed by atoms with Crippen LogP contribution >= 0.6 is 0 Å². The van der Waals surface area contributed by atoms with Crippen LogP contribution in [-0.2, 0) is 17.8 Å². The Morgan fingerprint density at radius 3 is 2.30 bits per heavy atom. The van der Waals surface area contributed by atoms with E-state index in [0.717, 1.165) is 5.56 Å². The van der Waals surface area contributed by atoms with Crippen LogP contribution in [0.5, 0.6) is 17.2 Å². The highest BCUT2D eigenvalue weighted by atomic mass is 16.5. The Morgan fingerprint density at radius 1 is 0.919 bits per heavy atom. The highest BCUT2D eigenvalue weighted by Crippen LogP contribution is 2.28. The first-order chi connectivity index (χ1) is 17.9. The summed E-state index contributed by atoms with van der Waals surface area (Å²) in [6.07, 6.45) is 2.16. The highest BCUT2D eigenvalue weighted by molar-refractivity contribution is 5.93. The van der Waals surface area contributed by atoms with Gasteiger partial charge in [-0.05, 0) is 62.2 Å². The van der Waals surface area contributed by atoms with Crippen LogP contribution in [-0.4, -0.2) is 62.2 Å². The van der Waals surface area contributed by atoms with Gasteiger partial charge in [0, 0.05) is 12.6 Å². The van der Waals surface area contributed by atoms with E-state index in [4.69, 9.17) is 18.6 Å². The monoisotopic (exact) mass is 509 g/mol. The van der Waals surface area contributed by atoms with Gasteiger partial charge in [-0.15, -0.1) is 0 Å². The lowest BCUT2D eigenvalue weighted by Crippen LogP contribution is -2.47. The first-order valence-corrected chi connectivity index (χ1v) is 12.1. The highest BCUT2D eigenvalue weighted by Gasteiger charge is 2.25. The molecule has 0 saturated heterocycles. The molecule has 9 nitrogen and oxygen atoms in total. The fraction of sp³-hybridized carbons (Fsp3) is 0.357. The number of methoxy groups -OCH3 is 3. The lowest BCUT2D eigenvalue weighted by molar-refractivity contribution is -0.133. The van der Waals surface area contributed by atoms with Crippen LogP contribution in [0.4, 0.5) is 10.5 Å². The molecule has 3 rings (SSSR count). The van der Waals surface area contributed by atoms with E-state index in [-0.39, 0.29) is 24.5 Å². The molecule has 37 heavy (non-hydrogen) atoms. The van der Waals surface area contributed by atoms with Gasteiger partial charge in [0.1, 0.15) is 18.1 Å². The number of hydrogen-bond donors (Lipinski definition) is 1. The van der Waals surface area contributed by atoms with Crippen molar-refractivity contribution in [2.75, 3.05) is 39.7 Å². The second-order valence-corrected chi connectivity index (χ2v) is 8.69. The number of rotatable bonds is 12. The number of anilines is 1. The van der Waals surface area contributed by atoms with Gasteiger partial charge >= 0.3 is 6.03 Å². The van der Waals surface area contributed by atoms with Gasteiger partial charge in [-0.1, -0.05) is 18.2 Å². The first-order valence-electron chi connectivity index (χ1n) is 12.1. The molecule has 0 aliphatic heterocycles. The average Bonchev–Trinajstić information content (AvgIpc) is 3.42. The molecule has 0 saturated carbocycles. The van der Waals surface area contributed by atoms with E-state index < -0.39 is 0 Å². The van der Waals surface area contributed by atoms with E-state index in [2.05, 4.69) is 5.32 Å². The number of hydrogen-bond acceptors (Lipinski definition) is 6. The summed E-state index contributed by atoms with van der Waals surface area (Å²) in [5.74, 6) is 2.28. The number of amides is 3. The van der Waals surface area contributed by atoms with Gasteiger partial charge in [-0.3, -0.25) is 4.79 Å². The molecule has 0 aliphatic carbocycles. The first kappa shape index (κ1) is 27.4. The normalized spacial score (nSPS) is 10.6. The van der Waals surface area contributed by atoms with Crippen LogP contribution in [0.3, 0.4) is 0 Å². The third-order valence-electron chi connectivity index (χ3n) is 5.94. The number of ether oxygens (including phenoxy) is 3. The molecule has 198 valence electrons. The molecule has 0 spiro atoms. The number of nitrogens with zero attached hydrogens (tertiary/aromatic N) is 2. The molecule has 1 N–H and O–H groups in total. The summed E-state index contributed by atoms with van der Waals surface area (Å²) in [7, 11) is 4.72. The summed E-state index contributed by atoms with van der Waals surface area (Å²) < 4.78 is 21.6. The maximum Gasteiger partial charge on any atom is 0.322 e. The third kappa shape index (κ3) is 7.42. The number of para-hydroxylation sites is 2. The van der Waals surface area contributed by atoms with Gasteiger partial charge in [0.2, 0.25) is 5.91 Å². The number of benzene rings is 2. The van der Waals surface area contributed by atoms with Crippen LogP contribution < -0.4 is 19.5 Å². The van der Waals surface area contributed by atoms with Gasteiger partial charge in [-0.2, -0.15) is 0 Å². The summed E-state index contributed by atoms with van der Waals surface area (Å²) in [6.45, 7) is 4.37. The fourth-order valence-corrected chi connectivity index (χ4v) is 3.85. The largest absolute Gasteiger partial charge is 0.495 e. The van der Waals surface area contributed by atoms with Gasteiger partial charge in [0.05, 0.1) is 39.8 Å². The van der Waals surface area contributed by atoms with Crippen LogP contribution in [0.2, 0.25) is 0 Å². The van der Waals surface area contributed by atoms with Crippen molar-refractivity contribution in [2.24, 2.45) is 0 Å². The molecule has 0 unspecified atom stereocenters. The van der Waals surface area contributed by atoms with Crippen molar-refractivity contribution in [3.8, 4) is 17.2 Å². The van der Waals surface area contributed by atoms with E-state index in [9.17, 15) is 9.59 Å². The molecule has 2 aromatic carbocycles. The quantitative estimate of drug-likeness (QED) is 0.376. The summed E-state index contributed by atoms with van der Waals surface area (Å²) in [4.78, 5) is 29.9. The Balaban J connectivity index is 1.74. The number of furan rings is 1. The lowest BCUT2D eigenvalue weighted by Gasteiger charge is -2.30. The van der Waals surface area contributed by atoms with Gasteiger partial charge in [0.15, 0.2) is 11.5 Å². The van der Waals surface area contributed by atoms with Crippen LogP contribution in [0.25, 0.3) is 0 Å². The number of nitrogens with one attached hydrogen (secondary N) is 1. The van der Waals surface area contributed by atoms with Crippen LogP contribution in [0.15, 0.2) is 65.3 Å². The summed E-state index contributed by atoms with van der Waals surface area (Å²) in [5, 5.41) is 2.86. The molecular formula is C28H35N3O6. The van der Waals surface area contributed by atoms with Crippen molar-refractivity contribution in [3.63, 3.8) is 0 Å². The second kappa shape index (κ2) is 13.2. The van der Waals surface area contributed by atoms with Crippen molar-refractivity contribution in [3.05, 3.63) is 72.2 Å². The minimum Gasteiger partial charge on any atom is -0.495 e. The van der Waals surface area contributed by atoms with Gasteiger partial charge in [-0.25, -0.2) is 4.79 Å². The molecule has 3 amide bonds. The second-order valence-electron chi connectivity index (χ2n) is 8.69. The Kier molecular flexibility index (Phi) is 9.83. The standard InChI is InChI=1S/C28H35N3O6/c1-20(2)31(28(33)29-23-10-6-7-11-24(23)34-3)19-27(32)30(18-22-9-8-16-37-22)15-14-21-12-13-25(35-4)26(17-21)36-5/h6-13,16-17,20H,14-15,18-19H2,1-5H3,(H,29,33). The van der Waals surface area contributed by atoms with Gasteiger partial charge < -0.3 is 33.7 Å². The zero-order valence-corrected chi connectivity index (χ0v) is 22.0. The van der Waals surface area contributed by atoms with Crippen molar-refractivity contribution >= 4 is 17.6 Å². The zero-order valence-electron chi connectivity index (χ0n) is 22.0. The van der Waals surface area contributed by atoms with Gasteiger partial charge in [0.25, 0.3) is 0 Å². The number of carbonyl (C=O) groups is 2. The van der Waals surface area contributed by atoms with Crippen molar-refractivity contribution in [1.29, 1.82) is 0 Å². The maximum absolute atomic E-state index is 13.5. The molecule has 1 aromatic heterocycles. The molecule has 0 radical (unpaired) electrons. The van der Waals surface area contributed by atoms with E-state index >= 15 is 0 Å². The Labute approximate surface area is 217 Å². The smallest absolute Gasteiger partial charge is 0.322 e. The van der Waals surface area contributed by atoms with Crippen LogP contribution in [0.1, 0.15) is 25.2 Å². The predicted molar refractivity (Wildman–Crippen MR) is 141 cm³/mol. The molecular weight excluding hydrogens is 474 g/mol. The van der Waals surface area contributed by atoms with Crippen LogP contribution in [0, 0.1) is 0 Å². The molecule has 3 aromatic rings. The predicted octanol–water partition coefficient (Wildman–Crippen LogP) is 4.82. The summed E-state index contributed by atoms with van der Waals surface area (Å²) in [5.41, 5.74) is 1.53. The Hall–Kier alpha value is -4.14. The topological polar surface area (TPSA) is 93.5 Å². The SMILES string of the molecule is COc1ccccc1NC(=O)N(CC(=O)N(CCc1ccc(OC)c(OC)c1)Cc1ccco1)C(C)C. The fourth-order valence-electron chi connectivity index (χ4n) is 3.85. The number of urea groups is 1. The van der Waals surface area contributed by atoms with E-state index in [0.29, 0.717) is 48.2 Å². The molecule has 1 heterocycles. The summed E-state index contributed by atoms with van der Waals surface area (Å²) in [6, 6.07) is 15.8. The average molecular weight is 510 g/mol. The van der Waals surface area contributed by atoms with Crippen molar-refractivity contribution < 1.29 is 28.2 Å². The minimum atomic E-state index is -0.384. The van der Waals surface area contributed by atoms with Crippen molar-refractivity contribution in [2.45, 2.75) is 32.9 Å². The molecule has 0 bridgehead atoms. The molecule has 0 atom stereocenters. The maximum atomic E-state index is 13.5. The molecule has 0 aliphatic rings. The zero-order chi connectivity index (χ0) is 26.8. The minimum absolute atomic E-state index is 0.0920. The van der Waals surface area contributed by atoms with E-state index in [1.165, 1.54) is 4.90 Å². The lowest BCUT2D eigenvalue weighted by atomic mass is 10.1. The van der Waals surface area contributed by atoms with Crippen molar-refractivity contribution in [1.82, 2.24) is 9.80 Å². The Morgan fingerprint density at radius 2 is 1.65 bits per heavy atom. The molecule has 9 heteroatoms. The Bertz CT molecular complexity index is 1160. The molecule has 0 fully saturated rings. The summed E-state index contributed by atoms with van der Waals surface area (Å²) >= 11 is 0. The van der Waals surface area contributed by atoms with E-state index in [1.807, 2.05) is 50.2 Å². The third-order valence-corrected chi connectivity index (χ3v) is 5.94.